The van der Waals surface area contributed by atoms with Crippen LogP contribution in [0.15, 0.2) is 60.9 Å². The smallest absolute Gasteiger partial charge is 0.258 e. The molecule has 3 aromatic rings. The molecule has 1 amide bonds. The standard InChI is InChI=1S/C19H18N4O3/c1-25-15-7-5-6-14(10-15)22-18(24)13-11-20-19(21-12-13)23-16-8-3-4-9-17(16)26-2/h3-12H,1-2H3,(H,22,24)(H,20,21,23). The first kappa shape index (κ1) is 17.2. The molecule has 0 radical (unpaired) electrons. The van der Waals surface area contributed by atoms with Crippen molar-refractivity contribution in [1.82, 2.24) is 9.97 Å². The highest BCUT2D eigenvalue weighted by Crippen LogP contribution is 2.25. The maximum absolute atomic E-state index is 12.3. The molecule has 0 bridgehead atoms. The Labute approximate surface area is 151 Å². The summed E-state index contributed by atoms with van der Waals surface area (Å²) in [6, 6.07) is 14.5. The van der Waals surface area contributed by atoms with Gasteiger partial charge < -0.3 is 20.1 Å². The van der Waals surface area contributed by atoms with Crippen LogP contribution in [0.5, 0.6) is 11.5 Å². The molecule has 0 spiro atoms. The van der Waals surface area contributed by atoms with Gasteiger partial charge in [-0.1, -0.05) is 18.2 Å². The second kappa shape index (κ2) is 7.98. The molecule has 0 saturated heterocycles. The Kier molecular flexibility index (Phi) is 5.28. The first-order valence-electron chi connectivity index (χ1n) is 7.87. The minimum Gasteiger partial charge on any atom is -0.497 e. The molecule has 1 heterocycles. The first-order chi connectivity index (χ1) is 12.7. The number of benzene rings is 2. The van der Waals surface area contributed by atoms with Crippen LogP contribution in [0, 0.1) is 0 Å². The number of nitrogens with zero attached hydrogens (tertiary/aromatic N) is 2. The fourth-order valence-electron chi connectivity index (χ4n) is 2.28. The monoisotopic (exact) mass is 350 g/mol. The molecule has 3 rings (SSSR count). The van der Waals surface area contributed by atoms with Gasteiger partial charge in [0, 0.05) is 24.1 Å². The van der Waals surface area contributed by atoms with Crippen LogP contribution in [-0.4, -0.2) is 30.1 Å². The van der Waals surface area contributed by atoms with Crippen molar-refractivity contribution in [2.75, 3.05) is 24.9 Å². The zero-order valence-corrected chi connectivity index (χ0v) is 14.4. The molecule has 2 aromatic carbocycles. The SMILES string of the molecule is COc1cccc(NC(=O)c2cnc(Nc3ccccc3OC)nc2)c1. The Morgan fingerprint density at radius 2 is 1.73 bits per heavy atom. The number of para-hydroxylation sites is 2. The zero-order valence-electron chi connectivity index (χ0n) is 14.4. The van der Waals surface area contributed by atoms with Crippen LogP contribution in [0.2, 0.25) is 0 Å². The fourth-order valence-corrected chi connectivity index (χ4v) is 2.28. The Morgan fingerprint density at radius 1 is 0.962 bits per heavy atom. The number of methoxy groups -OCH3 is 2. The van der Waals surface area contributed by atoms with Gasteiger partial charge in [-0.2, -0.15) is 0 Å². The Balaban J connectivity index is 1.69. The molecule has 7 nitrogen and oxygen atoms in total. The molecular formula is C19H18N4O3. The second-order valence-corrected chi connectivity index (χ2v) is 5.31. The molecule has 0 saturated carbocycles. The van der Waals surface area contributed by atoms with E-state index in [-0.39, 0.29) is 5.91 Å². The molecule has 0 atom stereocenters. The van der Waals surface area contributed by atoms with Crippen LogP contribution >= 0.6 is 0 Å². The van der Waals surface area contributed by atoms with Crippen molar-refractivity contribution in [1.29, 1.82) is 0 Å². The summed E-state index contributed by atoms with van der Waals surface area (Å²) < 4.78 is 10.4. The van der Waals surface area contributed by atoms with Crippen molar-refractivity contribution in [2.45, 2.75) is 0 Å². The van der Waals surface area contributed by atoms with E-state index in [0.717, 1.165) is 5.69 Å². The van der Waals surface area contributed by atoms with E-state index in [9.17, 15) is 4.79 Å². The summed E-state index contributed by atoms with van der Waals surface area (Å²) in [6.07, 6.45) is 2.92. The highest BCUT2D eigenvalue weighted by Gasteiger charge is 2.09. The average molecular weight is 350 g/mol. The van der Waals surface area contributed by atoms with Crippen LogP contribution in [0.25, 0.3) is 0 Å². The van der Waals surface area contributed by atoms with E-state index in [1.807, 2.05) is 24.3 Å². The number of hydrogen-bond donors (Lipinski definition) is 2. The lowest BCUT2D eigenvalue weighted by Gasteiger charge is -2.10. The van der Waals surface area contributed by atoms with Gasteiger partial charge in [-0.3, -0.25) is 4.79 Å². The van der Waals surface area contributed by atoms with E-state index in [0.29, 0.717) is 28.7 Å². The van der Waals surface area contributed by atoms with E-state index in [1.165, 1.54) is 12.4 Å². The minimum absolute atomic E-state index is 0.304. The Morgan fingerprint density at radius 3 is 2.46 bits per heavy atom. The van der Waals surface area contributed by atoms with Crippen LogP contribution in [-0.2, 0) is 0 Å². The molecule has 0 aliphatic heterocycles. The fraction of sp³-hybridized carbons (Fsp3) is 0.105. The molecule has 2 N–H and O–H groups in total. The number of carbonyl (C=O) groups is 1. The molecule has 7 heteroatoms. The van der Waals surface area contributed by atoms with Crippen molar-refractivity contribution in [2.24, 2.45) is 0 Å². The number of anilines is 3. The number of rotatable bonds is 6. The van der Waals surface area contributed by atoms with Gasteiger partial charge in [-0.25, -0.2) is 9.97 Å². The minimum atomic E-state index is -0.304. The van der Waals surface area contributed by atoms with Crippen molar-refractivity contribution in [3.05, 3.63) is 66.5 Å². The van der Waals surface area contributed by atoms with Gasteiger partial charge in [0.2, 0.25) is 5.95 Å². The quantitative estimate of drug-likeness (QED) is 0.708. The van der Waals surface area contributed by atoms with E-state index in [1.54, 1.807) is 38.5 Å². The molecule has 0 aliphatic carbocycles. The molecule has 0 aliphatic rings. The summed E-state index contributed by atoms with van der Waals surface area (Å²) in [6.45, 7) is 0. The lowest BCUT2D eigenvalue weighted by molar-refractivity contribution is 0.102. The predicted molar refractivity (Wildman–Crippen MR) is 99.3 cm³/mol. The summed E-state index contributed by atoms with van der Waals surface area (Å²) in [7, 11) is 3.16. The highest BCUT2D eigenvalue weighted by atomic mass is 16.5. The number of nitrogens with one attached hydrogen (secondary N) is 2. The van der Waals surface area contributed by atoms with Crippen molar-refractivity contribution < 1.29 is 14.3 Å². The Bertz CT molecular complexity index is 897. The first-order valence-corrected chi connectivity index (χ1v) is 7.87. The third-order valence-corrected chi connectivity index (χ3v) is 3.60. The molecule has 0 unspecified atom stereocenters. The van der Waals surface area contributed by atoms with Crippen molar-refractivity contribution >= 4 is 23.2 Å². The van der Waals surface area contributed by atoms with Gasteiger partial charge in [0.25, 0.3) is 5.91 Å². The lowest BCUT2D eigenvalue weighted by atomic mass is 10.2. The summed E-state index contributed by atoms with van der Waals surface area (Å²) >= 11 is 0. The summed E-state index contributed by atoms with van der Waals surface area (Å²) in [5.41, 5.74) is 1.72. The maximum Gasteiger partial charge on any atom is 0.258 e. The molecule has 26 heavy (non-hydrogen) atoms. The maximum atomic E-state index is 12.3. The number of hydrogen-bond acceptors (Lipinski definition) is 6. The number of aromatic nitrogens is 2. The van der Waals surface area contributed by atoms with Crippen molar-refractivity contribution in [3.8, 4) is 11.5 Å². The zero-order chi connectivity index (χ0) is 18.4. The normalized spacial score (nSPS) is 10.1. The lowest BCUT2D eigenvalue weighted by Crippen LogP contribution is -2.13. The largest absolute Gasteiger partial charge is 0.497 e. The third-order valence-electron chi connectivity index (χ3n) is 3.60. The molecule has 1 aromatic heterocycles. The van der Waals surface area contributed by atoms with Crippen LogP contribution in [0.4, 0.5) is 17.3 Å². The molecule has 132 valence electrons. The van der Waals surface area contributed by atoms with E-state index in [2.05, 4.69) is 20.6 Å². The van der Waals surface area contributed by atoms with Gasteiger partial charge in [-0.15, -0.1) is 0 Å². The molecular weight excluding hydrogens is 332 g/mol. The van der Waals surface area contributed by atoms with Crippen LogP contribution in [0.1, 0.15) is 10.4 Å². The van der Waals surface area contributed by atoms with Crippen LogP contribution in [0.3, 0.4) is 0 Å². The second-order valence-electron chi connectivity index (χ2n) is 5.31. The van der Waals surface area contributed by atoms with E-state index >= 15 is 0 Å². The van der Waals surface area contributed by atoms with Gasteiger partial charge >= 0.3 is 0 Å². The van der Waals surface area contributed by atoms with Gasteiger partial charge in [-0.05, 0) is 24.3 Å². The molecule has 0 fully saturated rings. The summed E-state index contributed by atoms with van der Waals surface area (Å²) in [5.74, 6) is 1.40. The summed E-state index contributed by atoms with van der Waals surface area (Å²) in [4.78, 5) is 20.7. The van der Waals surface area contributed by atoms with Crippen LogP contribution < -0.4 is 20.1 Å². The number of carbonyl (C=O) groups excluding carboxylic acids is 1. The van der Waals surface area contributed by atoms with Gasteiger partial charge in [0.15, 0.2) is 0 Å². The van der Waals surface area contributed by atoms with Gasteiger partial charge in [0.05, 0.1) is 25.5 Å². The highest BCUT2D eigenvalue weighted by molar-refractivity contribution is 6.04. The van der Waals surface area contributed by atoms with E-state index < -0.39 is 0 Å². The Hall–Kier alpha value is -3.61. The number of ether oxygens (including phenoxy) is 2. The predicted octanol–water partition coefficient (Wildman–Crippen LogP) is 3.49. The third kappa shape index (κ3) is 4.07. The summed E-state index contributed by atoms with van der Waals surface area (Å²) in [5, 5.41) is 5.84. The van der Waals surface area contributed by atoms with Crippen molar-refractivity contribution in [3.63, 3.8) is 0 Å². The average Bonchev–Trinajstić information content (AvgIpc) is 2.69. The topological polar surface area (TPSA) is 85.4 Å². The number of amides is 1. The van der Waals surface area contributed by atoms with Gasteiger partial charge in [0.1, 0.15) is 11.5 Å². The van der Waals surface area contributed by atoms with E-state index in [4.69, 9.17) is 9.47 Å².